The molecule has 1 aromatic heterocycles. The summed E-state index contributed by atoms with van der Waals surface area (Å²) >= 11 is 5.88. The van der Waals surface area contributed by atoms with Crippen LogP contribution in [0.1, 0.15) is 11.3 Å². The third kappa shape index (κ3) is 1.28. The summed E-state index contributed by atoms with van der Waals surface area (Å²) in [6.07, 6.45) is 0. The number of nitrogens with zero attached hydrogens (tertiary/aromatic N) is 1. The van der Waals surface area contributed by atoms with Gasteiger partial charge in [-0.1, -0.05) is 11.6 Å². The Hall–Kier alpha value is -1.46. The van der Waals surface area contributed by atoms with Crippen molar-refractivity contribution in [2.24, 2.45) is 0 Å². The van der Waals surface area contributed by atoms with Crippen molar-refractivity contribution in [3.63, 3.8) is 0 Å². The Morgan fingerprint density at radius 2 is 2.15 bits per heavy atom. The van der Waals surface area contributed by atoms with E-state index in [4.69, 9.17) is 16.9 Å². The minimum Gasteiger partial charge on any atom is -0.359 e. The quantitative estimate of drug-likeness (QED) is 0.682. The molecule has 0 aliphatic heterocycles. The molecule has 0 unspecified atom stereocenters. The molecule has 0 bridgehead atoms. The fraction of sp³-hybridized carbons (Fsp3) is 0.100. The van der Waals surface area contributed by atoms with E-state index in [-0.39, 0.29) is 0 Å². The number of halogens is 1. The van der Waals surface area contributed by atoms with E-state index in [0.29, 0.717) is 10.6 Å². The van der Waals surface area contributed by atoms with Gasteiger partial charge in [0.1, 0.15) is 6.07 Å². The highest BCUT2D eigenvalue weighted by molar-refractivity contribution is 6.32. The molecule has 0 radical (unpaired) electrons. The van der Waals surface area contributed by atoms with E-state index in [1.165, 1.54) is 0 Å². The Labute approximate surface area is 80.7 Å². The molecule has 2 rings (SSSR count). The van der Waals surface area contributed by atoms with Crippen molar-refractivity contribution >= 4 is 22.5 Å². The monoisotopic (exact) mass is 190 g/mol. The van der Waals surface area contributed by atoms with E-state index >= 15 is 0 Å². The van der Waals surface area contributed by atoms with Crippen LogP contribution in [-0.2, 0) is 0 Å². The lowest BCUT2D eigenvalue weighted by molar-refractivity contribution is 1.30. The zero-order valence-corrected chi connectivity index (χ0v) is 7.81. The molecule has 0 aliphatic carbocycles. The van der Waals surface area contributed by atoms with Crippen molar-refractivity contribution in [3.8, 4) is 6.07 Å². The number of nitriles is 1. The molecule has 3 heteroatoms. The summed E-state index contributed by atoms with van der Waals surface area (Å²) in [6.45, 7) is 1.97. The number of rotatable bonds is 0. The van der Waals surface area contributed by atoms with E-state index in [1.54, 1.807) is 12.1 Å². The number of aromatic amines is 1. The molecule has 13 heavy (non-hydrogen) atoms. The molecule has 0 fully saturated rings. The number of fused-ring (bicyclic) bond motifs is 1. The van der Waals surface area contributed by atoms with Crippen LogP contribution < -0.4 is 0 Å². The molecule has 64 valence electrons. The van der Waals surface area contributed by atoms with E-state index < -0.39 is 0 Å². The van der Waals surface area contributed by atoms with Crippen LogP contribution in [0.25, 0.3) is 10.9 Å². The van der Waals surface area contributed by atoms with Gasteiger partial charge in [-0.05, 0) is 25.1 Å². The second kappa shape index (κ2) is 2.79. The lowest BCUT2D eigenvalue weighted by Gasteiger charge is -1.94. The molecule has 0 amide bonds. The van der Waals surface area contributed by atoms with Crippen molar-refractivity contribution < 1.29 is 0 Å². The third-order valence-corrected chi connectivity index (χ3v) is 2.28. The standard InChI is InChI=1S/C10H7ClN2/c1-6-2-7-3-9(11)8(5-12)4-10(7)13-6/h2-4,13H,1H3. The number of nitrogens with one attached hydrogen (secondary N) is 1. The fourth-order valence-corrected chi connectivity index (χ4v) is 1.60. The molecular weight excluding hydrogens is 184 g/mol. The van der Waals surface area contributed by atoms with Gasteiger partial charge in [0.15, 0.2) is 0 Å². The highest BCUT2D eigenvalue weighted by Crippen LogP contribution is 2.23. The van der Waals surface area contributed by atoms with Crippen LogP contribution >= 0.6 is 11.6 Å². The van der Waals surface area contributed by atoms with Gasteiger partial charge in [0, 0.05) is 16.6 Å². The summed E-state index contributed by atoms with van der Waals surface area (Å²) in [6, 6.07) is 7.62. The minimum atomic E-state index is 0.508. The van der Waals surface area contributed by atoms with Crippen LogP contribution in [0.2, 0.25) is 5.02 Å². The van der Waals surface area contributed by atoms with Crippen LogP contribution in [0, 0.1) is 18.3 Å². The lowest BCUT2D eigenvalue weighted by atomic mass is 10.2. The first-order valence-electron chi connectivity index (χ1n) is 3.89. The summed E-state index contributed by atoms with van der Waals surface area (Å²) in [7, 11) is 0. The molecule has 1 aromatic carbocycles. The average Bonchev–Trinajstić information content (AvgIpc) is 2.42. The Balaban J connectivity index is 2.82. The first-order chi connectivity index (χ1) is 6.20. The molecule has 0 atom stereocenters. The van der Waals surface area contributed by atoms with Crippen molar-refractivity contribution in [1.29, 1.82) is 5.26 Å². The first kappa shape index (κ1) is 8.15. The fourth-order valence-electron chi connectivity index (χ4n) is 1.38. The normalized spacial score (nSPS) is 10.2. The largest absolute Gasteiger partial charge is 0.359 e. The SMILES string of the molecule is Cc1cc2cc(Cl)c(C#N)cc2[nH]1. The van der Waals surface area contributed by atoms with Crippen molar-refractivity contribution in [2.45, 2.75) is 6.92 Å². The summed E-state index contributed by atoms with van der Waals surface area (Å²) in [4.78, 5) is 3.15. The molecule has 0 saturated carbocycles. The third-order valence-electron chi connectivity index (χ3n) is 1.96. The second-order valence-corrected chi connectivity index (χ2v) is 3.39. The average molecular weight is 191 g/mol. The number of H-pyrrole nitrogens is 1. The van der Waals surface area contributed by atoms with Gasteiger partial charge >= 0.3 is 0 Å². The van der Waals surface area contributed by atoms with E-state index in [2.05, 4.69) is 4.98 Å². The molecule has 2 nitrogen and oxygen atoms in total. The topological polar surface area (TPSA) is 39.6 Å². The minimum absolute atomic E-state index is 0.508. The van der Waals surface area contributed by atoms with E-state index in [0.717, 1.165) is 16.6 Å². The van der Waals surface area contributed by atoms with Gasteiger partial charge in [-0.15, -0.1) is 0 Å². The van der Waals surface area contributed by atoms with Gasteiger partial charge in [0.05, 0.1) is 10.6 Å². The Bertz CT molecular complexity index is 505. The molecule has 0 spiro atoms. The predicted molar refractivity (Wildman–Crippen MR) is 52.8 cm³/mol. The zero-order valence-electron chi connectivity index (χ0n) is 7.06. The number of hydrogen-bond donors (Lipinski definition) is 1. The van der Waals surface area contributed by atoms with E-state index in [1.807, 2.05) is 19.1 Å². The molecular formula is C10H7ClN2. The molecule has 0 saturated heterocycles. The first-order valence-corrected chi connectivity index (χ1v) is 4.27. The summed E-state index contributed by atoms with van der Waals surface area (Å²) < 4.78 is 0. The molecule has 2 aromatic rings. The molecule has 1 N–H and O–H groups in total. The number of hydrogen-bond acceptors (Lipinski definition) is 1. The summed E-state index contributed by atoms with van der Waals surface area (Å²) in [5.41, 5.74) is 2.54. The maximum absolute atomic E-state index is 8.74. The second-order valence-electron chi connectivity index (χ2n) is 2.98. The van der Waals surface area contributed by atoms with Crippen LogP contribution in [0.5, 0.6) is 0 Å². The van der Waals surface area contributed by atoms with Gasteiger partial charge < -0.3 is 4.98 Å². The summed E-state index contributed by atoms with van der Waals surface area (Å²) in [5, 5.41) is 10.3. The lowest BCUT2D eigenvalue weighted by Crippen LogP contribution is -1.77. The van der Waals surface area contributed by atoms with Gasteiger partial charge in [-0.3, -0.25) is 0 Å². The van der Waals surface area contributed by atoms with Crippen LogP contribution in [0.15, 0.2) is 18.2 Å². The van der Waals surface area contributed by atoms with Gasteiger partial charge in [0.25, 0.3) is 0 Å². The number of aromatic nitrogens is 1. The maximum atomic E-state index is 8.74. The Morgan fingerprint density at radius 1 is 1.38 bits per heavy atom. The van der Waals surface area contributed by atoms with Gasteiger partial charge in [-0.2, -0.15) is 5.26 Å². The summed E-state index contributed by atoms with van der Waals surface area (Å²) in [5.74, 6) is 0. The molecule has 1 heterocycles. The number of aryl methyl sites for hydroxylation is 1. The van der Waals surface area contributed by atoms with Gasteiger partial charge in [0.2, 0.25) is 0 Å². The van der Waals surface area contributed by atoms with Crippen LogP contribution in [-0.4, -0.2) is 4.98 Å². The van der Waals surface area contributed by atoms with Crippen LogP contribution in [0.4, 0.5) is 0 Å². The predicted octanol–water partition coefficient (Wildman–Crippen LogP) is 3.00. The molecule has 0 aliphatic rings. The van der Waals surface area contributed by atoms with Crippen molar-refractivity contribution in [2.75, 3.05) is 0 Å². The smallest absolute Gasteiger partial charge is 0.101 e. The highest BCUT2D eigenvalue weighted by atomic mass is 35.5. The van der Waals surface area contributed by atoms with Crippen molar-refractivity contribution in [1.82, 2.24) is 4.98 Å². The maximum Gasteiger partial charge on any atom is 0.101 e. The highest BCUT2D eigenvalue weighted by Gasteiger charge is 2.03. The van der Waals surface area contributed by atoms with Crippen LogP contribution in [0.3, 0.4) is 0 Å². The zero-order chi connectivity index (χ0) is 9.42. The Kier molecular flexibility index (Phi) is 1.75. The van der Waals surface area contributed by atoms with Gasteiger partial charge in [-0.25, -0.2) is 0 Å². The number of benzene rings is 1. The van der Waals surface area contributed by atoms with Crippen molar-refractivity contribution in [3.05, 3.63) is 34.5 Å². The van der Waals surface area contributed by atoms with E-state index in [9.17, 15) is 0 Å². The Morgan fingerprint density at radius 3 is 2.85 bits per heavy atom.